The molecule has 0 radical (unpaired) electrons. The molecular formula is C20H26N4O. The number of fused-ring (bicyclic) bond motifs is 1. The smallest absolute Gasteiger partial charge is 0.253 e. The molecule has 5 heteroatoms. The Hall–Kier alpha value is -2.14. The molecule has 25 heavy (non-hydrogen) atoms. The van der Waals surface area contributed by atoms with E-state index in [2.05, 4.69) is 18.1 Å². The lowest BCUT2D eigenvalue weighted by Gasteiger charge is -2.19. The van der Waals surface area contributed by atoms with Gasteiger partial charge in [0, 0.05) is 30.4 Å². The summed E-state index contributed by atoms with van der Waals surface area (Å²) in [5, 5.41) is 4.50. The van der Waals surface area contributed by atoms with E-state index in [1.165, 1.54) is 0 Å². The molecule has 1 aromatic heterocycles. The molecule has 2 aliphatic rings. The van der Waals surface area contributed by atoms with Crippen molar-refractivity contribution in [3.8, 4) is 0 Å². The maximum Gasteiger partial charge on any atom is 0.253 e. The van der Waals surface area contributed by atoms with Crippen LogP contribution in [0.1, 0.15) is 40.2 Å². The van der Waals surface area contributed by atoms with Crippen LogP contribution in [-0.2, 0) is 6.54 Å². The second kappa shape index (κ2) is 6.30. The van der Waals surface area contributed by atoms with Crippen molar-refractivity contribution in [2.24, 2.45) is 17.6 Å². The molecule has 2 heterocycles. The summed E-state index contributed by atoms with van der Waals surface area (Å²) < 4.78 is 2.00. The predicted octanol–water partition coefficient (Wildman–Crippen LogP) is 2.36. The summed E-state index contributed by atoms with van der Waals surface area (Å²) in [5.41, 5.74) is 10.3. The topological polar surface area (TPSA) is 64.2 Å². The zero-order valence-electron chi connectivity index (χ0n) is 15.0. The van der Waals surface area contributed by atoms with E-state index in [1.807, 2.05) is 40.8 Å². The molecule has 1 saturated heterocycles. The Kier molecular flexibility index (Phi) is 4.12. The quantitative estimate of drug-likeness (QED) is 0.934. The summed E-state index contributed by atoms with van der Waals surface area (Å²) in [4.78, 5) is 14.8. The number of carbonyl (C=O) groups excluding carboxylic acids is 1. The second-order valence-electron chi connectivity index (χ2n) is 7.66. The van der Waals surface area contributed by atoms with Crippen LogP contribution in [0.15, 0.2) is 30.3 Å². The van der Waals surface area contributed by atoms with Gasteiger partial charge in [0.15, 0.2) is 0 Å². The van der Waals surface area contributed by atoms with Gasteiger partial charge in [-0.05, 0) is 62.3 Å². The van der Waals surface area contributed by atoms with Crippen LogP contribution in [-0.4, -0.2) is 39.7 Å². The Bertz CT molecular complexity index is 779. The summed E-state index contributed by atoms with van der Waals surface area (Å²) >= 11 is 0. The third-order valence-electron chi connectivity index (χ3n) is 5.84. The van der Waals surface area contributed by atoms with Crippen LogP contribution in [0.3, 0.4) is 0 Å². The molecule has 0 bridgehead atoms. The van der Waals surface area contributed by atoms with E-state index in [4.69, 9.17) is 5.73 Å². The Labute approximate surface area is 148 Å². The van der Waals surface area contributed by atoms with E-state index in [-0.39, 0.29) is 11.9 Å². The van der Waals surface area contributed by atoms with Crippen LogP contribution in [0.4, 0.5) is 0 Å². The number of aryl methyl sites for hydroxylation is 2. The SMILES string of the molecule is Cc1cc(C)n(Cc2ccc(C(=O)N3CC4CCC(N)C4C3)cc2)n1. The van der Waals surface area contributed by atoms with Crippen molar-refractivity contribution in [3.05, 3.63) is 52.8 Å². The van der Waals surface area contributed by atoms with E-state index in [0.29, 0.717) is 11.8 Å². The highest BCUT2D eigenvalue weighted by Gasteiger charge is 2.42. The molecule has 2 fully saturated rings. The minimum atomic E-state index is 0.138. The number of rotatable bonds is 3. The van der Waals surface area contributed by atoms with Crippen molar-refractivity contribution in [2.75, 3.05) is 13.1 Å². The summed E-state index contributed by atoms with van der Waals surface area (Å²) in [6.07, 6.45) is 2.27. The summed E-state index contributed by atoms with van der Waals surface area (Å²) in [5.74, 6) is 1.23. The van der Waals surface area contributed by atoms with Crippen LogP contribution >= 0.6 is 0 Å². The molecule has 3 atom stereocenters. The van der Waals surface area contributed by atoms with Gasteiger partial charge in [-0.3, -0.25) is 9.48 Å². The van der Waals surface area contributed by atoms with Gasteiger partial charge < -0.3 is 10.6 Å². The fourth-order valence-corrected chi connectivity index (χ4v) is 4.42. The molecule has 4 rings (SSSR count). The number of hydrogen-bond donors (Lipinski definition) is 1. The van der Waals surface area contributed by atoms with Gasteiger partial charge in [-0.2, -0.15) is 5.10 Å². The number of carbonyl (C=O) groups is 1. The van der Waals surface area contributed by atoms with E-state index >= 15 is 0 Å². The number of aromatic nitrogens is 2. The van der Waals surface area contributed by atoms with Crippen LogP contribution in [0.25, 0.3) is 0 Å². The van der Waals surface area contributed by atoms with Gasteiger partial charge in [0.2, 0.25) is 0 Å². The normalized spacial score (nSPS) is 25.4. The molecule has 5 nitrogen and oxygen atoms in total. The summed E-state index contributed by atoms with van der Waals surface area (Å²) in [6.45, 7) is 6.48. The lowest BCUT2D eigenvalue weighted by Crippen LogP contribution is -2.33. The van der Waals surface area contributed by atoms with Gasteiger partial charge >= 0.3 is 0 Å². The van der Waals surface area contributed by atoms with E-state index in [0.717, 1.165) is 55.0 Å². The standard InChI is InChI=1S/C20H26N4O/c1-13-9-14(2)24(22-13)10-15-3-5-16(6-4-15)20(25)23-11-17-7-8-19(21)18(17)12-23/h3-6,9,17-19H,7-8,10-12,21H2,1-2H3. The molecule has 2 N–H and O–H groups in total. The molecule has 132 valence electrons. The Balaban J connectivity index is 1.43. The fraction of sp³-hybridized carbons (Fsp3) is 0.500. The monoisotopic (exact) mass is 338 g/mol. The molecule has 1 amide bonds. The molecule has 0 spiro atoms. The maximum atomic E-state index is 12.8. The molecule has 1 aliphatic carbocycles. The summed E-state index contributed by atoms with van der Waals surface area (Å²) in [7, 11) is 0. The van der Waals surface area contributed by atoms with Gasteiger partial charge in [0.05, 0.1) is 12.2 Å². The zero-order chi connectivity index (χ0) is 17.6. The molecule has 1 aromatic carbocycles. The van der Waals surface area contributed by atoms with Crippen LogP contribution < -0.4 is 5.73 Å². The highest BCUT2D eigenvalue weighted by molar-refractivity contribution is 5.94. The first-order valence-electron chi connectivity index (χ1n) is 9.16. The third kappa shape index (κ3) is 3.09. The van der Waals surface area contributed by atoms with E-state index in [9.17, 15) is 4.79 Å². The zero-order valence-corrected chi connectivity index (χ0v) is 15.0. The van der Waals surface area contributed by atoms with Crippen LogP contribution in [0.2, 0.25) is 0 Å². The second-order valence-corrected chi connectivity index (χ2v) is 7.66. The van der Waals surface area contributed by atoms with Crippen molar-refractivity contribution < 1.29 is 4.79 Å². The van der Waals surface area contributed by atoms with Crippen LogP contribution in [0.5, 0.6) is 0 Å². The number of nitrogens with zero attached hydrogens (tertiary/aromatic N) is 3. The number of benzene rings is 1. The van der Waals surface area contributed by atoms with Gasteiger partial charge in [0.25, 0.3) is 5.91 Å². The average molecular weight is 338 g/mol. The first-order valence-corrected chi connectivity index (χ1v) is 9.16. The number of amides is 1. The molecule has 2 aromatic rings. The highest BCUT2D eigenvalue weighted by atomic mass is 16.2. The Morgan fingerprint density at radius 1 is 1.20 bits per heavy atom. The van der Waals surface area contributed by atoms with Crippen molar-refractivity contribution in [2.45, 2.75) is 39.3 Å². The highest BCUT2D eigenvalue weighted by Crippen LogP contribution is 2.37. The van der Waals surface area contributed by atoms with Gasteiger partial charge in [-0.25, -0.2) is 0 Å². The minimum Gasteiger partial charge on any atom is -0.338 e. The van der Waals surface area contributed by atoms with Crippen LogP contribution in [0, 0.1) is 25.7 Å². The van der Waals surface area contributed by atoms with Crippen molar-refractivity contribution in [3.63, 3.8) is 0 Å². The lowest BCUT2D eigenvalue weighted by atomic mass is 9.98. The third-order valence-corrected chi connectivity index (χ3v) is 5.84. The Morgan fingerprint density at radius 3 is 2.60 bits per heavy atom. The number of likely N-dealkylation sites (tertiary alicyclic amines) is 1. The van der Waals surface area contributed by atoms with Crippen molar-refractivity contribution in [1.82, 2.24) is 14.7 Å². The van der Waals surface area contributed by atoms with Gasteiger partial charge in [-0.15, -0.1) is 0 Å². The molecule has 1 aliphatic heterocycles. The van der Waals surface area contributed by atoms with Crippen molar-refractivity contribution in [1.29, 1.82) is 0 Å². The molecular weight excluding hydrogens is 312 g/mol. The first kappa shape index (κ1) is 16.3. The largest absolute Gasteiger partial charge is 0.338 e. The maximum absolute atomic E-state index is 12.8. The van der Waals surface area contributed by atoms with Crippen molar-refractivity contribution >= 4 is 5.91 Å². The van der Waals surface area contributed by atoms with Gasteiger partial charge in [-0.1, -0.05) is 12.1 Å². The predicted molar refractivity (Wildman–Crippen MR) is 97.3 cm³/mol. The lowest BCUT2D eigenvalue weighted by molar-refractivity contribution is 0.0779. The number of hydrogen-bond acceptors (Lipinski definition) is 3. The van der Waals surface area contributed by atoms with E-state index < -0.39 is 0 Å². The minimum absolute atomic E-state index is 0.138. The van der Waals surface area contributed by atoms with Gasteiger partial charge in [0.1, 0.15) is 0 Å². The fourth-order valence-electron chi connectivity index (χ4n) is 4.42. The first-order chi connectivity index (χ1) is 12.0. The van der Waals surface area contributed by atoms with E-state index in [1.54, 1.807) is 0 Å². The Morgan fingerprint density at radius 2 is 1.96 bits per heavy atom. The summed E-state index contributed by atoms with van der Waals surface area (Å²) in [6, 6.07) is 10.3. The average Bonchev–Trinajstić information content (AvgIpc) is 3.25. The molecule has 1 saturated carbocycles. The molecule has 3 unspecified atom stereocenters. The number of nitrogens with two attached hydrogens (primary N) is 1.